The first-order chi connectivity index (χ1) is 20.8. The molecule has 2 rings (SSSR count). The number of ketones is 2. The van der Waals surface area contributed by atoms with Crippen LogP contribution in [0.2, 0.25) is 0 Å². The molecule has 1 aliphatic heterocycles. The van der Waals surface area contributed by atoms with Crippen molar-refractivity contribution < 1.29 is 38.6 Å². The number of hydrogen-bond donors (Lipinski definition) is 3. The van der Waals surface area contributed by atoms with Gasteiger partial charge in [-0.1, -0.05) is 63.3 Å². The summed E-state index contributed by atoms with van der Waals surface area (Å²) in [5.41, 5.74) is 0.784. The van der Waals surface area contributed by atoms with Gasteiger partial charge in [0.1, 0.15) is 12.1 Å². The molecule has 0 aromatic carbocycles. The topological polar surface area (TPSA) is 148 Å². The van der Waals surface area contributed by atoms with Crippen molar-refractivity contribution in [1.29, 1.82) is 0 Å². The summed E-state index contributed by atoms with van der Waals surface area (Å²) in [5.74, 6) is -2.52. The first-order valence-electron chi connectivity index (χ1n) is 15.0. The second-order valence-electron chi connectivity index (χ2n) is 11.6. The Hall–Kier alpha value is -3.89. The molecule has 2 amide bonds. The lowest BCUT2D eigenvalue weighted by atomic mass is 9.90. The smallest absolute Gasteiger partial charge is 0.328 e. The Labute approximate surface area is 260 Å². The van der Waals surface area contributed by atoms with Crippen LogP contribution in [0.1, 0.15) is 66.7 Å². The molecule has 2 aliphatic rings. The molecular formula is C34H46N2O8. The number of esters is 1. The van der Waals surface area contributed by atoms with E-state index < -0.39 is 53.7 Å². The molecule has 1 aliphatic carbocycles. The van der Waals surface area contributed by atoms with E-state index in [1.165, 1.54) is 13.2 Å². The van der Waals surface area contributed by atoms with Crippen LogP contribution >= 0.6 is 0 Å². The summed E-state index contributed by atoms with van der Waals surface area (Å²) in [6.07, 6.45) is 13.5. The molecule has 0 radical (unpaired) electrons. The van der Waals surface area contributed by atoms with E-state index in [0.29, 0.717) is 18.4 Å². The Morgan fingerprint density at radius 2 is 1.80 bits per heavy atom. The lowest BCUT2D eigenvalue weighted by Crippen LogP contribution is -2.43. The standard InChI is InChI=1S/C34H46N2O8/c1-21(2)17-30(38)35-24(5)34(42)44-29-16-11-9-7-8-10-15-27(43-6)20-31(39)36-28-19-26(37)18-25(33(28)41)14-12-13-22(3)32(40)23(29)4/h7-11,13,15,18-19,21,23-24,27,29,32,40H,12,14,16-17,20H2,1-6H3,(H,35,38)(H,36,39). The molecule has 2 bridgehead atoms. The number of amides is 2. The highest BCUT2D eigenvalue weighted by atomic mass is 16.5. The summed E-state index contributed by atoms with van der Waals surface area (Å²) in [6.45, 7) is 8.91. The van der Waals surface area contributed by atoms with Gasteiger partial charge in [-0.05, 0) is 44.3 Å². The Kier molecular flexibility index (Phi) is 14.9. The van der Waals surface area contributed by atoms with Crippen LogP contribution in [-0.2, 0) is 33.4 Å². The summed E-state index contributed by atoms with van der Waals surface area (Å²) in [6, 6.07) is -0.862. The number of carbonyl (C=O) groups excluding carboxylic acids is 5. The number of allylic oxidation sites excluding steroid dienone is 8. The average molecular weight is 611 g/mol. The molecule has 240 valence electrons. The molecule has 10 nitrogen and oxygen atoms in total. The minimum absolute atomic E-state index is 0.0599. The van der Waals surface area contributed by atoms with Crippen molar-refractivity contribution in [2.45, 2.75) is 91.1 Å². The third-order valence-corrected chi connectivity index (χ3v) is 7.29. The summed E-state index contributed by atoms with van der Waals surface area (Å²) in [7, 11) is 1.46. The van der Waals surface area contributed by atoms with Crippen molar-refractivity contribution in [3.8, 4) is 0 Å². The minimum atomic E-state index is -0.974. The maximum atomic E-state index is 13.0. The lowest BCUT2D eigenvalue weighted by molar-refractivity contribution is -0.156. The van der Waals surface area contributed by atoms with Gasteiger partial charge in [-0.3, -0.25) is 19.2 Å². The van der Waals surface area contributed by atoms with Gasteiger partial charge >= 0.3 is 5.97 Å². The highest BCUT2D eigenvalue weighted by Gasteiger charge is 2.30. The van der Waals surface area contributed by atoms with Crippen molar-refractivity contribution in [3.63, 3.8) is 0 Å². The van der Waals surface area contributed by atoms with Gasteiger partial charge in [0.05, 0.1) is 24.3 Å². The predicted molar refractivity (Wildman–Crippen MR) is 167 cm³/mol. The summed E-state index contributed by atoms with van der Waals surface area (Å²) in [5, 5.41) is 16.4. The summed E-state index contributed by atoms with van der Waals surface area (Å²) in [4.78, 5) is 63.0. The van der Waals surface area contributed by atoms with E-state index in [2.05, 4.69) is 10.6 Å². The van der Waals surface area contributed by atoms with Gasteiger partial charge in [0.2, 0.25) is 17.6 Å². The molecule has 0 aromatic heterocycles. The van der Waals surface area contributed by atoms with Crippen molar-refractivity contribution in [2.75, 3.05) is 7.11 Å². The van der Waals surface area contributed by atoms with Crippen molar-refractivity contribution in [1.82, 2.24) is 10.6 Å². The number of hydrogen-bond acceptors (Lipinski definition) is 8. The van der Waals surface area contributed by atoms with Crippen LogP contribution in [0.4, 0.5) is 0 Å². The third-order valence-electron chi connectivity index (χ3n) is 7.29. The van der Waals surface area contributed by atoms with Crippen LogP contribution in [0.3, 0.4) is 0 Å². The van der Waals surface area contributed by atoms with Crippen LogP contribution in [0, 0.1) is 11.8 Å². The van der Waals surface area contributed by atoms with Crippen LogP contribution in [0.5, 0.6) is 0 Å². The molecule has 5 unspecified atom stereocenters. The molecular weight excluding hydrogens is 564 g/mol. The molecule has 44 heavy (non-hydrogen) atoms. The fraction of sp³-hybridized carbons (Fsp3) is 0.500. The summed E-state index contributed by atoms with van der Waals surface area (Å²) < 4.78 is 11.2. The van der Waals surface area contributed by atoms with Crippen LogP contribution in [0.25, 0.3) is 0 Å². The first kappa shape index (κ1) is 36.3. The van der Waals surface area contributed by atoms with Gasteiger partial charge in [0.15, 0.2) is 5.78 Å². The number of carbonyl (C=O) groups is 5. The van der Waals surface area contributed by atoms with Gasteiger partial charge in [-0.15, -0.1) is 0 Å². The van der Waals surface area contributed by atoms with Crippen molar-refractivity contribution in [3.05, 3.63) is 71.5 Å². The Morgan fingerprint density at radius 1 is 1.09 bits per heavy atom. The Balaban J connectivity index is 2.31. The molecule has 0 saturated carbocycles. The van der Waals surface area contributed by atoms with Gasteiger partial charge in [-0.2, -0.15) is 0 Å². The fourth-order valence-corrected chi connectivity index (χ4v) is 4.71. The van der Waals surface area contributed by atoms with E-state index in [0.717, 1.165) is 6.08 Å². The Morgan fingerprint density at radius 3 is 2.48 bits per heavy atom. The number of Topliss-reactive ketones (excluding diaryl/α,β-unsaturated/α-hetero) is 1. The highest BCUT2D eigenvalue weighted by Crippen LogP contribution is 2.24. The zero-order valence-corrected chi connectivity index (χ0v) is 26.5. The number of rotatable bonds is 6. The number of methoxy groups -OCH3 is 1. The molecule has 0 saturated heterocycles. The van der Waals surface area contributed by atoms with Gasteiger partial charge in [0.25, 0.3) is 0 Å². The fourth-order valence-electron chi connectivity index (χ4n) is 4.71. The maximum absolute atomic E-state index is 13.0. The number of fused-ring (bicyclic) bond motifs is 2. The Bertz CT molecular complexity index is 1250. The first-order valence-corrected chi connectivity index (χ1v) is 15.0. The van der Waals surface area contributed by atoms with Crippen molar-refractivity contribution in [2.24, 2.45) is 11.8 Å². The van der Waals surface area contributed by atoms with E-state index >= 15 is 0 Å². The molecule has 1 heterocycles. The van der Waals surface area contributed by atoms with Crippen LogP contribution in [-0.4, -0.2) is 65.9 Å². The monoisotopic (exact) mass is 610 g/mol. The normalized spacial score (nSPS) is 24.8. The lowest BCUT2D eigenvalue weighted by Gasteiger charge is -2.29. The number of nitrogens with one attached hydrogen (secondary N) is 2. The summed E-state index contributed by atoms with van der Waals surface area (Å²) >= 11 is 0. The molecule has 3 N–H and O–H groups in total. The molecule has 5 atom stereocenters. The largest absolute Gasteiger partial charge is 0.460 e. The van der Waals surface area contributed by atoms with Gasteiger partial charge in [-0.25, -0.2) is 4.79 Å². The van der Waals surface area contributed by atoms with E-state index in [9.17, 15) is 29.1 Å². The van der Waals surface area contributed by atoms with E-state index in [-0.39, 0.29) is 42.4 Å². The maximum Gasteiger partial charge on any atom is 0.328 e. The van der Waals surface area contributed by atoms with Crippen LogP contribution in [0.15, 0.2) is 71.5 Å². The number of ether oxygens (including phenoxy) is 2. The minimum Gasteiger partial charge on any atom is -0.460 e. The van der Waals surface area contributed by atoms with E-state index in [1.807, 2.05) is 19.9 Å². The molecule has 0 aromatic rings. The zero-order valence-electron chi connectivity index (χ0n) is 26.5. The average Bonchev–Trinajstić information content (AvgIpc) is 2.95. The number of aliphatic hydroxyl groups excluding tert-OH is 1. The predicted octanol–water partition coefficient (Wildman–Crippen LogP) is 3.73. The van der Waals surface area contributed by atoms with E-state index in [4.69, 9.17) is 9.47 Å². The van der Waals surface area contributed by atoms with E-state index in [1.54, 1.807) is 57.2 Å². The van der Waals surface area contributed by atoms with Gasteiger partial charge in [0, 0.05) is 37.5 Å². The second-order valence-corrected chi connectivity index (χ2v) is 11.6. The highest BCUT2D eigenvalue weighted by molar-refractivity contribution is 6.21. The quantitative estimate of drug-likeness (QED) is 0.234. The zero-order chi connectivity index (χ0) is 32.8. The SMILES string of the molecule is COC1C=CC=CC=CCC(OC(=O)C(C)NC(=O)CC(C)C)C(C)C(O)C(C)=CCCC2=CC(=O)C=C(NC(=O)C1)C2=O. The van der Waals surface area contributed by atoms with Gasteiger partial charge < -0.3 is 25.2 Å². The molecule has 0 spiro atoms. The number of aliphatic hydroxyl groups is 1. The van der Waals surface area contributed by atoms with Crippen LogP contribution < -0.4 is 10.6 Å². The van der Waals surface area contributed by atoms with Crippen molar-refractivity contribution >= 4 is 29.4 Å². The molecule has 0 fully saturated rings. The second kappa shape index (κ2) is 18.0. The molecule has 10 heteroatoms. The third kappa shape index (κ3) is 12.0.